The van der Waals surface area contributed by atoms with Crippen LogP contribution >= 0.6 is 0 Å². The van der Waals surface area contributed by atoms with E-state index in [-0.39, 0.29) is 0 Å². The van der Waals surface area contributed by atoms with Crippen LogP contribution in [0.1, 0.15) is 11.4 Å². The molecule has 3 nitrogen and oxygen atoms in total. The molecule has 0 aliphatic heterocycles. The van der Waals surface area contributed by atoms with Crippen molar-refractivity contribution < 1.29 is 0 Å². The fourth-order valence-electron chi connectivity index (χ4n) is 1.13. The number of hydrogen-bond acceptors (Lipinski definition) is 2. The molecule has 0 fully saturated rings. The van der Waals surface area contributed by atoms with Crippen LogP contribution in [-0.2, 0) is 0 Å². The minimum Gasteiger partial charge on any atom is -0.237 e. The van der Waals surface area contributed by atoms with Gasteiger partial charge in [0.1, 0.15) is 0 Å². The van der Waals surface area contributed by atoms with Gasteiger partial charge >= 0.3 is 0 Å². The van der Waals surface area contributed by atoms with Crippen LogP contribution in [0.3, 0.4) is 0 Å². The van der Waals surface area contributed by atoms with Gasteiger partial charge in [-0.3, -0.25) is 0 Å². The first-order chi connectivity index (χ1) is 5.27. The van der Waals surface area contributed by atoms with E-state index in [0.29, 0.717) is 0 Å². The lowest BCUT2D eigenvalue weighted by Crippen LogP contribution is -1.93. The number of aromatic nitrogens is 3. The minimum atomic E-state index is 0.919. The van der Waals surface area contributed by atoms with Gasteiger partial charge in [-0.05, 0) is 19.9 Å². The van der Waals surface area contributed by atoms with Crippen molar-refractivity contribution in [1.29, 1.82) is 0 Å². The molecule has 0 amide bonds. The molecule has 0 unspecified atom stereocenters. The summed E-state index contributed by atoms with van der Waals surface area (Å²) >= 11 is 0. The molecule has 2 rings (SSSR count). The largest absolute Gasteiger partial charge is 0.237 e. The second-order valence-electron chi connectivity index (χ2n) is 2.64. The second kappa shape index (κ2) is 2.05. The molecule has 3 heteroatoms. The Morgan fingerprint density at radius 3 is 2.91 bits per heavy atom. The second-order valence-corrected chi connectivity index (χ2v) is 2.64. The Morgan fingerprint density at radius 2 is 2.18 bits per heavy atom. The maximum Gasteiger partial charge on any atom is 0.155 e. The Hall–Kier alpha value is -1.38. The van der Waals surface area contributed by atoms with E-state index < -0.39 is 0 Å². The van der Waals surface area contributed by atoms with Crippen LogP contribution in [-0.4, -0.2) is 14.6 Å². The summed E-state index contributed by atoms with van der Waals surface area (Å²) in [4.78, 5) is 4.16. The van der Waals surface area contributed by atoms with Crippen molar-refractivity contribution >= 4 is 5.65 Å². The Balaban J connectivity index is 2.90. The topological polar surface area (TPSA) is 30.2 Å². The molecule has 0 aliphatic rings. The van der Waals surface area contributed by atoms with Crippen LogP contribution in [0.25, 0.3) is 5.65 Å². The van der Waals surface area contributed by atoms with Crippen molar-refractivity contribution in [3.8, 4) is 0 Å². The molecule has 0 saturated carbocycles. The van der Waals surface area contributed by atoms with Crippen molar-refractivity contribution in [2.24, 2.45) is 0 Å². The fraction of sp³-hybridized carbons (Fsp3) is 0.250. The molecule has 2 aromatic rings. The quantitative estimate of drug-likeness (QED) is 0.563. The minimum absolute atomic E-state index is 0.919. The van der Waals surface area contributed by atoms with Crippen LogP contribution in [0.2, 0.25) is 0 Å². The molecular weight excluding hydrogens is 138 g/mol. The van der Waals surface area contributed by atoms with Gasteiger partial charge in [0.05, 0.1) is 5.69 Å². The van der Waals surface area contributed by atoms with E-state index in [1.165, 1.54) is 0 Å². The predicted molar refractivity (Wildman–Crippen MR) is 42.5 cm³/mol. The molecule has 0 saturated heterocycles. The lowest BCUT2D eigenvalue weighted by Gasteiger charge is -1.94. The first-order valence-electron chi connectivity index (χ1n) is 3.55. The van der Waals surface area contributed by atoms with Crippen molar-refractivity contribution in [1.82, 2.24) is 14.6 Å². The zero-order valence-corrected chi connectivity index (χ0v) is 6.57. The predicted octanol–water partition coefficient (Wildman–Crippen LogP) is 1.35. The van der Waals surface area contributed by atoms with Crippen LogP contribution in [0.15, 0.2) is 18.3 Å². The molecule has 0 spiro atoms. The molecule has 0 atom stereocenters. The summed E-state index contributed by atoms with van der Waals surface area (Å²) in [5.41, 5.74) is 3.04. The van der Waals surface area contributed by atoms with E-state index in [4.69, 9.17) is 0 Å². The Bertz CT molecular complexity index is 389. The molecule has 0 aromatic carbocycles. The first kappa shape index (κ1) is 6.34. The molecule has 0 N–H and O–H groups in total. The lowest BCUT2D eigenvalue weighted by molar-refractivity contribution is 0.877. The van der Waals surface area contributed by atoms with Crippen LogP contribution < -0.4 is 0 Å². The SMILES string of the molecule is Cc1cc2nccc(C)n2n1. The van der Waals surface area contributed by atoms with Gasteiger partial charge in [-0.25, -0.2) is 9.50 Å². The Morgan fingerprint density at radius 1 is 1.36 bits per heavy atom. The molecular formula is C8H9N3. The van der Waals surface area contributed by atoms with Crippen LogP contribution in [0.4, 0.5) is 0 Å². The molecule has 0 aliphatic carbocycles. The van der Waals surface area contributed by atoms with Gasteiger partial charge in [-0.2, -0.15) is 5.10 Å². The monoisotopic (exact) mass is 147 g/mol. The molecule has 11 heavy (non-hydrogen) atoms. The molecule has 56 valence electrons. The third-order valence-corrected chi connectivity index (χ3v) is 1.67. The highest BCUT2D eigenvalue weighted by atomic mass is 15.3. The summed E-state index contributed by atoms with van der Waals surface area (Å²) in [7, 11) is 0. The number of nitrogens with zero attached hydrogens (tertiary/aromatic N) is 3. The van der Waals surface area contributed by atoms with Gasteiger partial charge < -0.3 is 0 Å². The van der Waals surface area contributed by atoms with E-state index in [0.717, 1.165) is 17.0 Å². The number of rotatable bonds is 0. The lowest BCUT2D eigenvalue weighted by atomic mass is 10.4. The van der Waals surface area contributed by atoms with Gasteiger partial charge in [0.2, 0.25) is 0 Å². The van der Waals surface area contributed by atoms with Gasteiger partial charge in [0, 0.05) is 18.0 Å². The van der Waals surface area contributed by atoms with Gasteiger partial charge in [-0.15, -0.1) is 0 Å². The average Bonchev–Trinajstić information content (AvgIpc) is 2.31. The van der Waals surface area contributed by atoms with Crippen molar-refractivity contribution in [3.05, 3.63) is 29.7 Å². The summed E-state index contributed by atoms with van der Waals surface area (Å²) in [6, 6.07) is 3.91. The van der Waals surface area contributed by atoms with Gasteiger partial charge in [-0.1, -0.05) is 0 Å². The van der Waals surface area contributed by atoms with Crippen molar-refractivity contribution in [3.63, 3.8) is 0 Å². The smallest absolute Gasteiger partial charge is 0.155 e. The first-order valence-corrected chi connectivity index (χ1v) is 3.55. The molecule has 0 bridgehead atoms. The van der Waals surface area contributed by atoms with Crippen LogP contribution in [0.5, 0.6) is 0 Å². The highest BCUT2D eigenvalue weighted by Crippen LogP contribution is 2.04. The average molecular weight is 147 g/mol. The fourth-order valence-corrected chi connectivity index (χ4v) is 1.13. The van der Waals surface area contributed by atoms with E-state index in [1.807, 2.05) is 30.5 Å². The summed E-state index contributed by atoms with van der Waals surface area (Å²) < 4.78 is 1.84. The standard InChI is InChI=1S/C8H9N3/c1-6-5-8-9-4-3-7(2)11(8)10-6/h3-5H,1-2H3. The number of hydrogen-bond donors (Lipinski definition) is 0. The van der Waals surface area contributed by atoms with Gasteiger partial charge in [0.25, 0.3) is 0 Å². The zero-order valence-electron chi connectivity index (χ0n) is 6.57. The normalized spacial score (nSPS) is 10.7. The van der Waals surface area contributed by atoms with Gasteiger partial charge in [0.15, 0.2) is 5.65 Å². The summed E-state index contributed by atoms with van der Waals surface area (Å²) in [6.07, 6.45) is 1.80. The highest BCUT2D eigenvalue weighted by Gasteiger charge is 1.98. The number of fused-ring (bicyclic) bond motifs is 1. The summed E-state index contributed by atoms with van der Waals surface area (Å²) in [6.45, 7) is 3.98. The number of aryl methyl sites for hydroxylation is 2. The van der Waals surface area contributed by atoms with E-state index in [1.54, 1.807) is 6.20 Å². The highest BCUT2D eigenvalue weighted by molar-refractivity contribution is 5.39. The summed E-state index contributed by atoms with van der Waals surface area (Å²) in [5.74, 6) is 0. The maximum atomic E-state index is 4.27. The molecule has 0 radical (unpaired) electrons. The van der Waals surface area contributed by atoms with Crippen molar-refractivity contribution in [2.45, 2.75) is 13.8 Å². The van der Waals surface area contributed by atoms with E-state index >= 15 is 0 Å². The third-order valence-electron chi connectivity index (χ3n) is 1.67. The van der Waals surface area contributed by atoms with E-state index in [9.17, 15) is 0 Å². The Labute approximate surface area is 64.7 Å². The zero-order chi connectivity index (χ0) is 7.84. The Kier molecular flexibility index (Phi) is 1.18. The summed E-state index contributed by atoms with van der Waals surface area (Å²) in [5, 5.41) is 4.27. The van der Waals surface area contributed by atoms with Crippen LogP contribution in [0, 0.1) is 13.8 Å². The van der Waals surface area contributed by atoms with E-state index in [2.05, 4.69) is 10.1 Å². The maximum absolute atomic E-state index is 4.27. The third kappa shape index (κ3) is 0.888. The van der Waals surface area contributed by atoms with Crippen molar-refractivity contribution in [2.75, 3.05) is 0 Å². The molecule has 2 aromatic heterocycles. The molecule has 2 heterocycles.